The van der Waals surface area contributed by atoms with Gasteiger partial charge in [0, 0.05) is 18.2 Å². The predicted molar refractivity (Wildman–Crippen MR) is 84.7 cm³/mol. The highest BCUT2D eigenvalue weighted by Crippen LogP contribution is 2.28. The van der Waals surface area contributed by atoms with Gasteiger partial charge in [-0.3, -0.25) is 4.79 Å². The molecule has 0 atom stereocenters. The van der Waals surface area contributed by atoms with Crippen molar-refractivity contribution in [3.05, 3.63) is 28.8 Å². The first-order chi connectivity index (χ1) is 10.2. The molecule has 1 aromatic carbocycles. The van der Waals surface area contributed by atoms with Crippen molar-refractivity contribution in [2.24, 2.45) is 0 Å². The van der Waals surface area contributed by atoms with Gasteiger partial charge in [0.25, 0.3) is 5.91 Å². The van der Waals surface area contributed by atoms with Crippen molar-refractivity contribution >= 4 is 17.5 Å². The summed E-state index contributed by atoms with van der Waals surface area (Å²) >= 11 is 6.18. The number of benzene rings is 1. The van der Waals surface area contributed by atoms with Crippen LogP contribution in [0.5, 0.6) is 5.75 Å². The van der Waals surface area contributed by atoms with Crippen molar-refractivity contribution in [2.45, 2.75) is 45.2 Å². The van der Waals surface area contributed by atoms with Gasteiger partial charge >= 0.3 is 0 Å². The third-order valence-electron chi connectivity index (χ3n) is 3.68. The van der Waals surface area contributed by atoms with Gasteiger partial charge in [0.1, 0.15) is 5.75 Å². The second-order valence-electron chi connectivity index (χ2n) is 5.35. The molecule has 1 aliphatic carbocycles. The summed E-state index contributed by atoms with van der Waals surface area (Å²) in [6, 6.07) is 5.94. The van der Waals surface area contributed by atoms with Gasteiger partial charge in [-0.15, -0.1) is 0 Å². The van der Waals surface area contributed by atoms with Gasteiger partial charge in [-0.1, -0.05) is 43.5 Å². The zero-order valence-corrected chi connectivity index (χ0v) is 13.2. The highest BCUT2D eigenvalue weighted by atomic mass is 35.5. The number of hydrogen-bond acceptors (Lipinski definition) is 3. The van der Waals surface area contributed by atoms with E-state index in [1.807, 2.05) is 19.1 Å². The summed E-state index contributed by atoms with van der Waals surface area (Å²) in [6.45, 7) is 3.60. The highest BCUT2D eigenvalue weighted by molar-refractivity contribution is 6.32. The van der Waals surface area contributed by atoms with Crippen LogP contribution in [0.4, 0.5) is 0 Å². The predicted octanol–water partition coefficient (Wildman–Crippen LogP) is 2.89. The number of amides is 1. The van der Waals surface area contributed by atoms with E-state index in [4.69, 9.17) is 16.3 Å². The minimum Gasteiger partial charge on any atom is -0.482 e. The van der Waals surface area contributed by atoms with Crippen LogP contribution in [0.1, 0.15) is 38.2 Å². The molecule has 1 amide bonds. The van der Waals surface area contributed by atoms with E-state index < -0.39 is 0 Å². The molecular weight excluding hydrogens is 288 g/mol. The van der Waals surface area contributed by atoms with Crippen LogP contribution < -0.4 is 15.4 Å². The SMILES string of the molecule is CCNCc1cccc(Cl)c1OCC(=O)NC1CCCC1. The number of ether oxygens (including phenoxy) is 1. The topological polar surface area (TPSA) is 50.4 Å². The van der Waals surface area contributed by atoms with Gasteiger partial charge < -0.3 is 15.4 Å². The van der Waals surface area contributed by atoms with Crippen molar-refractivity contribution in [3.8, 4) is 5.75 Å². The summed E-state index contributed by atoms with van der Waals surface area (Å²) in [5.41, 5.74) is 0.970. The van der Waals surface area contributed by atoms with E-state index in [2.05, 4.69) is 10.6 Å². The molecular formula is C16H23ClN2O2. The Labute approximate surface area is 131 Å². The molecule has 1 aliphatic rings. The lowest BCUT2D eigenvalue weighted by Crippen LogP contribution is -2.36. The molecule has 1 aromatic rings. The minimum absolute atomic E-state index is 0.0133. The van der Waals surface area contributed by atoms with Crippen LogP contribution in [0.15, 0.2) is 18.2 Å². The molecule has 116 valence electrons. The van der Waals surface area contributed by atoms with Gasteiger partial charge in [0.2, 0.25) is 0 Å². The lowest BCUT2D eigenvalue weighted by Gasteiger charge is -2.15. The van der Waals surface area contributed by atoms with E-state index in [9.17, 15) is 4.79 Å². The number of rotatable bonds is 7. The number of para-hydroxylation sites is 1. The molecule has 4 nitrogen and oxygen atoms in total. The van der Waals surface area contributed by atoms with Crippen LogP contribution in [0.25, 0.3) is 0 Å². The summed E-state index contributed by atoms with van der Waals surface area (Å²) in [5, 5.41) is 6.79. The zero-order valence-electron chi connectivity index (χ0n) is 12.5. The fraction of sp³-hybridized carbons (Fsp3) is 0.562. The molecule has 0 spiro atoms. The van der Waals surface area contributed by atoms with Crippen molar-refractivity contribution < 1.29 is 9.53 Å². The lowest BCUT2D eigenvalue weighted by atomic mass is 10.2. The fourth-order valence-corrected chi connectivity index (χ4v) is 2.84. The average Bonchev–Trinajstić information content (AvgIpc) is 2.97. The molecule has 1 fully saturated rings. The van der Waals surface area contributed by atoms with Crippen molar-refractivity contribution in [1.29, 1.82) is 0 Å². The van der Waals surface area contributed by atoms with Crippen molar-refractivity contribution in [1.82, 2.24) is 10.6 Å². The van der Waals surface area contributed by atoms with E-state index in [0.29, 0.717) is 23.4 Å². The van der Waals surface area contributed by atoms with E-state index in [1.165, 1.54) is 12.8 Å². The monoisotopic (exact) mass is 310 g/mol. The molecule has 0 saturated heterocycles. The minimum atomic E-state index is -0.0729. The van der Waals surface area contributed by atoms with Crippen LogP contribution in [-0.2, 0) is 11.3 Å². The Morgan fingerprint density at radius 1 is 1.38 bits per heavy atom. The van der Waals surface area contributed by atoms with E-state index in [-0.39, 0.29) is 12.5 Å². The molecule has 0 radical (unpaired) electrons. The average molecular weight is 311 g/mol. The second-order valence-corrected chi connectivity index (χ2v) is 5.75. The highest BCUT2D eigenvalue weighted by Gasteiger charge is 2.18. The summed E-state index contributed by atoms with van der Waals surface area (Å²) in [5.74, 6) is 0.526. The number of halogens is 1. The van der Waals surface area contributed by atoms with E-state index in [0.717, 1.165) is 24.9 Å². The molecule has 0 aromatic heterocycles. The van der Waals surface area contributed by atoms with Gasteiger partial charge in [-0.25, -0.2) is 0 Å². The maximum absolute atomic E-state index is 11.9. The largest absolute Gasteiger partial charge is 0.482 e. The normalized spacial score (nSPS) is 15.1. The van der Waals surface area contributed by atoms with Crippen molar-refractivity contribution in [2.75, 3.05) is 13.2 Å². The molecule has 0 heterocycles. The van der Waals surface area contributed by atoms with Crippen LogP contribution in [0.2, 0.25) is 5.02 Å². The van der Waals surface area contributed by atoms with Gasteiger partial charge in [0.05, 0.1) is 5.02 Å². The van der Waals surface area contributed by atoms with E-state index in [1.54, 1.807) is 6.07 Å². The molecule has 0 aliphatic heterocycles. The Balaban J connectivity index is 1.90. The summed E-state index contributed by atoms with van der Waals surface area (Å²) in [4.78, 5) is 11.9. The molecule has 5 heteroatoms. The Kier molecular flexibility index (Phi) is 6.33. The van der Waals surface area contributed by atoms with Gasteiger partial charge in [-0.05, 0) is 25.5 Å². The maximum atomic E-state index is 11.9. The van der Waals surface area contributed by atoms with Crippen LogP contribution in [0, 0.1) is 0 Å². The van der Waals surface area contributed by atoms with Crippen LogP contribution >= 0.6 is 11.6 Å². The maximum Gasteiger partial charge on any atom is 0.258 e. The van der Waals surface area contributed by atoms with E-state index >= 15 is 0 Å². The Morgan fingerprint density at radius 3 is 2.86 bits per heavy atom. The second kappa shape index (κ2) is 8.25. The third-order valence-corrected chi connectivity index (χ3v) is 3.98. The number of nitrogens with one attached hydrogen (secondary N) is 2. The smallest absolute Gasteiger partial charge is 0.258 e. The first-order valence-electron chi connectivity index (χ1n) is 7.61. The van der Waals surface area contributed by atoms with Gasteiger partial charge in [-0.2, -0.15) is 0 Å². The van der Waals surface area contributed by atoms with Crippen LogP contribution in [-0.4, -0.2) is 25.1 Å². The van der Waals surface area contributed by atoms with Crippen molar-refractivity contribution in [3.63, 3.8) is 0 Å². The zero-order chi connectivity index (χ0) is 15.1. The fourth-order valence-electron chi connectivity index (χ4n) is 2.59. The lowest BCUT2D eigenvalue weighted by molar-refractivity contribution is -0.123. The first kappa shape index (κ1) is 16.1. The summed E-state index contributed by atoms with van der Waals surface area (Å²) in [7, 11) is 0. The molecule has 1 saturated carbocycles. The quantitative estimate of drug-likeness (QED) is 0.814. The Hall–Kier alpha value is -1.26. The molecule has 2 N–H and O–H groups in total. The summed E-state index contributed by atoms with van der Waals surface area (Å²) in [6.07, 6.45) is 4.54. The molecule has 21 heavy (non-hydrogen) atoms. The first-order valence-corrected chi connectivity index (χ1v) is 7.98. The molecule has 2 rings (SSSR count). The number of carbonyl (C=O) groups excluding carboxylic acids is 1. The van der Waals surface area contributed by atoms with Gasteiger partial charge in [0.15, 0.2) is 6.61 Å². The van der Waals surface area contributed by atoms with Crippen LogP contribution in [0.3, 0.4) is 0 Å². The number of carbonyl (C=O) groups is 1. The molecule has 0 bridgehead atoms. The number of hydrogen-bond donors (Lipinski definition) is 2. The third kappa shape index (κ3) is 4.90. The molecule has 0 unspecified atom stereocenters. The standard InChI is InChI=1S/C16H23ClN2O2/c1-2-18-10-12-6-5-9-14(17)16(12)21-11-15(20)19-13-7-3-4-8-13/h5-6,9,13,18H,2-4,7-8,10-11H2,1H3,(H,19,20). The summed E-state index contributed by atoms with van der Waals surface area (Å²) < 4.78 is 5.65. The Bertz CT molecular complexity index is 473. The Morgan fingerprint density at radius 2 is 2.14 bits per heavy atom.